The first-order valence-electron chi connectivity index (χ1n) is 5.58. The lowest BCUT2D eigenvalue weighted by Crippen LogP contribution is -2.57. The van der Waals surface area contributed by atoms with Gasteiger partial charge in [0.2, 0.25) is 5.91 Å². The molecule has 1 aliphatic carbocycles. The van der Waals surface area contributed by atoms with Crippen LogP contribution in [-0.4, -0.2) is 22.5 Å². The van der Waals surface area contributed by atoms with E-state index in [1.165, 1.54) is 0 Å². The van der Waals surface area contributed by atoms with Crippen LogP contribution in [0.4, 0.5) is 0 Å². The number of carboxylic acids is 1. The molecule has 0 aromatic heterocycles. The predicted molar refractivity (Wildman–Crippen MR) is 60.9 cm³/mol. The van der Waals surface area contributed by atoms with E-state index in [2.05, 4.69) is 5.32 Å². The van der Waals surface area contributed by atoms with E-state index in [9.17, 15) is 9.59 Å². The molecular formula is C12H19NO3. The van der Waals surface area contributed by atoms with E-state index >= 15 is 0 Å². The summed E-state index contributed by atoms with van der Waals surface area (Å²) in [5.74, 6) is -1.40. The van der Waals surface area contributed by atoms with Gasteiger partial charge in [0, 0.05) is 5.92 Å². The monoisotopic (exact) mass is 225 g/mol. The average Bonchev–Trinajstić information content (AvgIpc) is 2.69. The van der Waals surface area contributed by atoms with E-state index in [-0.39, 0.29) is 17.7 Å². The summed E-state index contributed by atoms with van der Waals surface area (Å²) in [7, 11) is 0. The Morgan fingerprint density at radius 1 is 1.38 bits per heavy atom. The Bertz CT molecular complexity index is 314. The molecule has 1 aliphatic rings. The van der Waals surface area contributed by atoms with Crippen LogP contribution in [0.15, 0.2) is 12.2 Å². The summed E-state index contributed by atoms with van der Waals surface area (Å²) < 4.78 is 0. The zero-order valence-corrected chi connectivity index (χ0v) is 9.99. The quantitative estimate of drug-likeness (QED) is 0.714. The minimum absolute atomic E-state index is 0.0996. The third-order valence-electron chi connectivity index (χ3n) is 3.36. The van der Waals surface area contributed by atoms with Gasteiger partial charge in [-0.3, -0.25) is 4.79 Å². The molecule has 0 fully saturated rings. The third kappa shape index (κ3) is 2.43. The van der Waals surface area contributed by atoms with Crippen LogP contribution < -0.4 is 5.32 Å². The fraction of sp³-hybridized carbons (Fsp3) is 0.667. The molecule has 1 atom stereocenters. The number of carbonyl (C=O) groups is 2. The van der Waals surface area contributed by atoms with Crippen molar-refractivity contribution in [2.75, 3.05) is 0 Å². The van der Waals surface area contributed by atoms with Crippen molar-refractivity contribution in [2.45, 2.75) is 39.2 Å². The Balaban J connectivity index is 2.69. The number of allylic oxidation sites excluding steroid dienone is 2. The van der Waals surface area contributed by atoms with Crippen LogP contribution in [0.1, 0.15) is 33.6 Å². The SMILES string of the molecule is CC(C)[C@](C)(NC(=O)C1CC=CC1)C(=O)O. The summed E-state index contributed by atoms with van der Waals surface area (Å²) in [5.41, 5.74) is -1.18. The van der Waals surface area contributed by atoms with Gasteiger partial charge in [-0.05, 0) is 25.7 Å². The fourth-order valence-corrected chi connectivity index (χ4v) is 1.63. The molecule has 90 valence electrons. The van der Waals surface area contributed by atoms with Gasteiger partial charge in [0.05, 0.1) is 0 Å². The first-order valence-corrected chi connectivity index (χ1v) is 5.58. The molecule has 0 aromatic rings. The van der Waals surface area contributed by atoms with Crippen LogP contribution in [0.2, 0.25) is 0 Å². The van der Waals surface area contributed by atoms with E-state index in [1.54, 1.807) is 20.8 Å². The van der Waals surface area contributed by atoms with Crippen molar-refractivity contribution in [3.05, 3.63) is 12.2 Å². The number of rotatable bonds is 4. The third-order valence-corrected chi connectivity index (χ3v) is 3.36. The minimum Gasteiger partial charge on any atom is -0.480 e. The van der Waals surface area contributed by atoms with E-state index < -0.39 is 11.5 Å². The molecule has 0 heterocycles. The summed E-state index contributed by atoms with van der Waals surface area (Å²) in [4.78, 5) is 23.0. The molecular weight excluding hydrogens is 206 g/mol. The molecule has 0 saturated carbocycles. The average molecular weight is 225 g/mol. The van der Waals surface area contributed by atoms with Gasteiger partial charge in [0.15, 0.2) is 0 Å². The molecule has 0 bridgehead atoms. The van der Waals surface area contributed by atoms with E-state index in [0.717, 1.165) is 0 Å². The summed E-state index contributed by atoms with van der Waals surface area (Å²) in [6, 6.07) is 0. The maximum Gasteiger partial charge on any atom is 0.329 e. The molecule has 0 aromatic carbocycles. The molecule has 2 N–H and O–H groups in total. The molecule has 4 heteroatoms. The molecule has 0 radical (unpaired) electrons. The van der Waals surface area contributed by atoms with Crippen LogP contribution in [-0.2, 0) is 9.59 Å². The first kappa shape index (κ1) is 12.7. The number of amides is 1. The lowest BCUT2D eigenvalue weighted by Gasteiger charge is -2.31. The Morgan fingerprint density at radius 3 is 2.25 bits per heavy atom. The van der Waals surface area contributed by atoms with Crippen LogP contribution in [0, 0.1) is 11.8 Å². The molecule has 1 rings (SSSR count). The summed E-state index contributed by atoms with van der Waals surface area (Å²) in [6.07, 6.45) is 5.33. The van der Waals surface area contributed by atoms with Crippen LogP contribution >= 0.6 is 0 Å². The van der Waals surface area contributed by atoms with E-state index in [4.69, 9.17) is 5.11 Å². The lowest BCUT2D eigenvalue weighted by atomic mass is 9.87. The van der Waals surface area contributed by atoms with Crippen molar-refractivity contribution < 1.29 is 14.7 Å². The smallest absolute Gasteiger partial charge is 0.329 e. The lowest BCUT2D eigenvalue weighted by molar-refractivity contribution is -0.149. The molecule has 1 amide bonds. The number of aliphatic carboxylic acids is 1. The molecule has 0 saturated heterocycles. The Kier molecular flexibility index (Phi) is 3.73. The van der Waals surface area contributed by atoms with Crippen LogP contribution in [0.3, 0.4) is 0 Å². The van der Waals surface area contributed by atoms with E-state index in [1.807, 2.05) is 12.2 Å². The van der Waals surface area contributed by atoms with Crippen molar-refractivity contribution in [1.82, 2.24) is 5.32 Å². The normalized spacial score (nSPS) is 19.8. The van der Waals surface area contributed by atoms with Gasteiger partial charge < -0.3 is 10.4 Å². The van der Waals surface area contributed by atoms with Crippen molar-refractivity contribution in [2.24, 2.45) is 11.8 Å². The highest BCUT2D eigenvalue weighted by atomic mass is 16.4. The zero-order valence-electron chi connectivity index (χ0n) is 9.99. The van der Waals surface area contributed by atoms with Crippen LogP contribution in [0.25, 0.3) is 0 Å². The van der Waals surface area contributed by atoms with Crippen molar-refractivity contribution in [3.8, 4) is 0 Å². The second-order valence-electron chi connectivity index (χ2n) is 4.79. The summed E-state index contributed by atoms with van der Waals surface area (Å²) in [6.45, 7) is 5.14. The van der Waals surface area contributed by atoms with Gasteiger partial charge in [0.25, 0.3) is 0 Å². The minimum atomic E-state index is -1.18. The standard InChI is InChI=1S/C12H19NO3/c1-8(2)12(3,11(15)16)13-10(14)9-6-4-5-7-9/h4-5,8-9H,6-7H2,1-3H3,(H,13,14)(H,15,16)/t12-/m0/s1. The van der Waals surface area contributed by atoms with Gasteiger partial charge in [-0.2, -0.15) is 0 Å². The number of nitrogens with one attached hydrogen (secondary N) is 1. The maximum atomic E-state index is 11.9. The van der Waals surface area contributed by atoms with Crippen molar-refractivity contribution in [3.63, 3.8) is 0 Å². The Labute approximate surface area is 95.7 Å². The highest BCUT2D eigenvalue weighted by Crippen LogP contribution is 2.22. The van der Waals surface area contributed by atoms with Gasteiger partial charge >= 0.3 is 5.97 Å². The van der Waals surface area contributed by atoms with Gasteiger partial charge in [-0.25, -0.2) is 4.79 Å². The molecule has 0 unspecified atom stereocenters. The Hall–Kier alpha value is -1.32. The van der Waals surface area contributed by atoms with Crippen LogP contribution in [0.5, 0.6) is 0 Å². The zero-order chi connectivity index (χ0) is 12.3. The highest BCUT2D eigenvalue weighted by molar-refractivity contribution is 5.88. The van der Waals surface area contributed by atoms with Crippen molar-refractivity contribution >= 4 is 11.9 Å². The highest BCUT2D eigenvalue weighted by Gasteiger charge is 2.39. The second kappa shape index (κ2) is 4.68. The Morgan fingerprint density at radius 2 is 1.88 bits per heavy atom. The molecule has 4 nitrogen and oxygen atoms in total. The number of hydrogen-bond donors (Lipinski definition) is 2. The predicted octanol–water partition coefficient (Wildman–Crippen LogP) is 1.57. The summed E-state index contributed by atoms with van der Waals surface area (Å²) >= 11 is 0. The topological polar surface area (TPSA) is 66.4 Å². The number of carboxylic acid groups (broad SMARTS) is 1. The van der Waals surface area contributed by atoms with Gasteiger partial charge in [0.1, 0.15) is 5.54 Å². The van der Waals surface area contributed by atoms with Gasteiger partial charge in [-0.15, -0.1) is 0 Å². The largest absolute Gasteiger partial charge is 0.480 e. The van der Waals surface area contributed by atoms with Crippen molar-refractivity contribution in [1.29, 1.82) is 0 Å². The first-order chi connectivity index (χ1) is 7.38. The fourth-order valence-electron chi connectivity index (χ4n) is 1.63. The maximum absolute atomic E-state index is 11.9. The number of hydrogen-bond acceptors (Lipinski definition) is 2. The molecule has 0 aliphatic heterocycles. The number of carbonyl (C=O) groups excluding carboxylic acids is 1. The second-order valence-corrected chi connectivity index (χ2v) is 4.79. The van der Waals surface area contributed by atoms with E-state index in [0.29, 0.717) is 12.8 Å². The summed E-state index contributed by atoms with van der Waals surface area (Å²) in [5, 5.41) is 11.8. The van der Waals surface area contributed by atoms with Gasteiger partial charge in [-0.1, -0.05) is 26.0 Å². The molecule has 16 heavy (non-hydrogen) atoms. The molecule has 0 spiro atoms.